The first-order valence-corrected chi connectivity index (χ1v) is 8.20. The zero-order valence-corrected chi connectivity index (χ0v) is 13.2. The maximum atomic E-state index is 11.4. The number of carbonyl (C=O) groups is 1. The molecule has 2 rings (SSSR count). The van der Waals surface area contributed by atoms with E-state index in [9.17, 15) is 4.79 Å². The zero-order valence-electron chi connectivity index (χ0n) is 11.6. The summed E-state index contributed by atoms with van der Waals surface area (Å²) in [5.41, 5.74) is 9.69. The molecule has 0 saturated heterocycles. The van der Waals surface area contributed by atoms with Crippen molar-refractivity contribution in [3.63, 3.8) is 0 Å². The summed E-state index contributed by atoms with van der Waals surface area (Å²) >= 11 is 3.20. The van der Waals surface area contributed by atoms with Crippen molar-refractivity contribution in [2.45, 2.75) is 21.6 Å². The molecule has 0 aliphatic heterocycles. The van der Waals surface area contributed by atoms with Gasteiger partial charge in [0.25, 0.3) is 0 Å². The van der Waals surface area contributed by atoms with Crippen LogP contribution in [0.5, 0.6) is 0 Å². The van der Waals surface area contributed by atoms with Gasteiger partial charge in [-0.3, -0.25) is 4.79 Å². The van der Waals surface area contributed by atoms with Crippen LogP contribution in [0.25, 0.3) is 10.4 Å². The number of hydrogen-bond acceptors (Lipinski definition) is 4. The summed E-state index contributed by atoms with van der Waals surface area (Å²) in [4.78, 5) is 17.3. The minimum absolute atomic E-state index is 0.0507. The van der Waals surface area contributed by atoms with Gasteiger partial charge in [0.2, 0.25) is 0 Å². The molecule has 0 radical (unpaired) electrons. The Morgan fingerprint density at radius 2 is 1.81 bits per heavy atom. The van der Waals surface area contributed by atoms with Gasteiger partial charge in [0.1, 0.15) is 0 Å². The largest absolute Gasteiger partial charge is 0.295 e. The summed E-state index contributed by atoms with van der Waals surface area (Å²) in [5, 5.41) is 3.68. The monoisotopic (exact) mass is 315 g/mol. The van der Waals surface area contributed by atoms with Crippen LogP contribution in [0.4, 0.5) is 5.69 Å². The van der Waals surface area contributed by atoms with Crippen LogP contribution in [-0.2, 0) is 0 Å². The third-order valence-electron chi connectivity index (χ3n) is 2.81. The Labute approximate surface area is 131 Å². The number of rotatable bonds is 5. The van der Waals surface area contributed by atoms with E-state index < -0.39 is 0 Å². The summed E-state index contributed by atoms with van der Waals surface area (Å²) in [6.07, 6.45) is 2.03. The molecule has 0 atom stereocenters. The third-order valence-corrected chi connectivity index (χ3v) is 4.62. The maximum Gasteiger partial charge on any atom is 0.159 e. The van der Waals surface area contributed by atoms with E-state index >= 15 is 0 Å². The van der Waals surface area contributed by atoms with Gasteiger partial charge < -0.3 is 0 Å². The highest BCUT2D eigenvalue weighted by Gasteiger charge is 2.07. The first kappa shape index (κ1) is 15.5. The van der Waals surface area contributed by atoms with Crippen LogP contribution in [0.15, 0.2) is 62.3 Å². The molecule has 0 N–H and O–H groups in total. The predicted octanol–water partition coefficient (Wildman–Crippen LogP) is 5.70. The standard InChI is InChI=1S/C15H13N3OS2/c1-10(19)11-3-8-15(14(9-11)17-18-16)21-13-6-4-12(20-2)5-7-13/h3-9H,1-2H3. The Morgan fingerprint density at radius 1 is 1.14 bits per heavy atom. The topological polar surface area (TPSA) is 65.8 Å². The molecular weight excluding hydrogens is 302 g/mol. The Kier molecular flexibility index (Phi) is 5.33. The SMILES string of the molecule is CSc1ccc(Sc2ccc(C(C)=O)cc2N=[N+]=[N-])cc1. The van der Waals surface area contributed by atoms with Crippen LogP contribution in [0.2, 0.25) is 0 Å². The molecule has 0 amide bonds. The minimum atomic E-state index is -0.0507. The van der Waals surface area contributed by atoms with Crippen LogP contribution in [0.3, 0.4) is 0 Å². The van der Waals surface area contributed by atoms with Crippen molar-refractivity contribution in [2.75, 3.05) is 6.26 Å². The van der Waals surface area contributed by atoms with E-state index in [1.165, 1.54) is 23.6 Å². The van der Waals surface area contributed by atoms with Gasteiger partial charge in [0, 0.05) is 25.2 Å². The lowest BCUT2D eigenvalue weighted by molar-refractivity contribution is 0.101. The highest BCUT2D eigenvalue weighted by Crippen LogP contribution is 2.36. The third kappa shape index (κ3) is 4.04. The first-order chi connectivity index (χ1) is 10.1. The molecule has 0 aromatic heterocycles. The van der Waals surface area contributed by atoms with Crippen molar-refractivity contribution in [2.24, 2.45) is 5.11 Å². The summed E-state index contributed by atoms with van der Waals surface area (Å²) in [6, 6.07) is 13.3. The van der Waals surface area contributed by atoms with E-state index in [1.54, 1.807) is 23.9 Å². The molecular formula is C15H13N3OS2. The fourth-order valence-corrected chi connectivity index (χ4v) is 2.99. The van der Waals surface area contributed by atoms with Crippen molar-refractivity contribution < 1.29 is 4.79 Å². The number of nitrogens with zero attached hydrogens (tertiary/aromatic N) is 3. The van der Waals surface area contributed by atoms with Crippen molar-refractivity contribution in [1.82, 2.24) is 0 Å². The van der Waals surface area contributed by atoms with Crippen LogP contribution in [0.1, 0.15) is 17.3 Å². The molecule has 0 heterocycles. The molecule has 21 heavy (non-hydrogen) atoms. The second kappa shape index (κ2) is 7.22. The summed E-state index contributed by atoms with van der Waals surface area (Å²) in [7, 11) is 0. The maximum absolute atomic E-state index is 11.4. The molecule has 0 unspecified atom stereocenters. The molecule has 6 heteroatoms. The lowest BCUT2D eigenvalue weighted by atomic mass is 10.1. The highest BCUT2D eigenvalue weighted by atomic mass is 32.2. The lowest BCUT2D eigenvalue weighted by Gasteiger charge is -2.07. The van der Waals surface area contributed by atoms with Gasteiger partial charge in [-0.15, -0.1) is 11.8 Å². The fourth-order valence-electron chi connectivity index (χ4n) is 1.72. The molecule has 4 nitrogen and oxygen atoms in total. The average molecular weight is 315 g/mol. The smallest absolute Gasteiger partial charge is 0.159 e. The minimum Gasteiger partial charge on any atom is -0.295 e. The average Bonchev–Trinajstić information content (AvgIpc) is 2.50. The summed E-state index contributed by atoms with van der Waals surface area (Å²) in [6.45, 7) is 1.49. The summed E-state index contributed by atoms with van der Waals surface area (Å²) in [5.74, 6) is -0.0507. The van der Waals surface area contributed by atoms with Crippen molar-refractivity contribution in [3.05, 3.63) is 58.5 Å². The van der Waals surface area contributed by atoms with Gasteiger partial charge in [-0.25, -0.2) is 0 Å². The molecule has 0 saturated carbocycles. The Hall–Kier alpha value is -1.88. The van der Waals surface area contributed by atoms with Crippen LogP contribution in [-0.4, -0.2) is 12.0 Å². The van der Waals surface area contributed by atoms with E-state index in [0.717, 1.165) is 9.79 Å². The van der Waals surface area contributed by atoms with Crippen LogP contribution in [0, 0.1) is 0 Å². The van der Waals surface area contributed by atoms with Gasteiger partial charge in [0.05, 0.1) is 5.69 Å². The number of azide groups is 1. The fraction of sp³-hybridized carbons (Fsp3) is 0.133. The van der Waals surface area contributed by atoms with E-state index in [4.69, 9.17) is 5.53 Å². The van der Waals surface area contributed by atoms with Gasteiger partial charge in [-0.2, -0.15) is 0 Å². The van der Waals surface area contributed by atoms with Gasteiger partial charge in [-0.05, 0) is 55.1 Å². The lowest BCUT2D eigenvalue weighted by Crippen LogP contribution is -1.91. The van der Waals surface area contributed by atoms with E-state index in [1.807, 2.05) is 36.6 Å². The van der Waals surface area contributed by atoms with Crippen LogP contribution < -0.4 is 0 Å². The first-order valence-electron chi connectivity index (χ1n) is 6.16. The Balaban J connectivity index is 2.33. The molecule has 0 spiro atoms. The molecule has 0 bridgehead atoms. The number of ketones is 1. The molecule has 0 aliphatic rings. The molecule has 2 aromatic carbocycles. The van der Waals surface area contributed by atoms with E-state index in [0.29, 0.717) is 11.3 Å². The normalized spacial score (nSPS) is 10.0. The molecule has 106 valence electrons. The number of hydrogen-bond donors (Lipinski definition) is 0. The summed E-state index contributed by atoms with van der Waals surface area (Å²) < 4.78 is 0. The van der Waals surface area contributed by atoms with E-state index in [2.05, 4.69) is 10.0 Å². The Morgan fingerprint density at radius 3 is 2.38 bits per heavy atom. The molecule has 2 aromatic rings. The van der Waals surface area contributed by atoms with Crippen molar-refractivity contribution in [3.8, 4) is 0 Å². The van der Waals surface area contributed by atoms with Crippen molar-refractivity contribution >= 4 is 35.0 Å². The number of Topliss-reactive ketones (excluding diaryl/α,β-unsaturated/α-hetero) is 1. The van der Waals surface area contributed by atoms with Gasteiger partial charge >= 0.3 is 0 Å². The van der Waals surface area contributed by atoms with E-state index in [-0.39, 0.29) is 5.78 Å². The predicted molar refractivity (Wildman–Crippen MR) is 87.6 cm³/mol. The number of benzene rings is 2. The Bertz CT molecular complexity index is 707. The van der Waals surface area contributed by atoms with Gasteiger partial charge in [0.15, 0.2) is 5.78 Å². The number of thioether (sulfide) groups is 1. The van der Waals surface area contributed by atoms with Gasteiger partial charge in [-0.1, -0.05) is 22.9 Å². The molecule has 0 fully saturated rings. The van der Waals surface area contributed by atoms with Crippen LogP contribution >= 0.6 is 23.5 Å². The zero-order chi connectivity index (χ0) is 15.2. The highest BCUT2D eigenvalue weighted by molar-refractivity contribution is 7.99. The second-order valence-corrected chi connectivity index (χ2v) is 6.20. The quantitative estimate of drug-likeness (QED) is 0.233. The van der Waals surface area contributed by atoms with Crippen molar-refractivity contribution in [1.29, 1.82) is 0 Å². The molecule has 0 aliphatic carbocycles. The second-order valence-electron chi connectivity index (χ2n) is 4.21. The number of carbonyl (C=O) groups excluding carboxylic acids is 1.